The van der Waals surface area contributed by atoms with Gasteiger partial charge in [-0.05, 0) is 68.1 Å². The van der Waals surface area contributed by atoms with Crippen LogP contribution in [-0.4, -0.2) is 26.1 Å². The molecule has 0 spiro atoms. The highest BCUT2D eigenvalue weighted by molar-refractivity contribution is 6.30. The van der Waals surface area contributed by atoms with Gasteiger partial charge in [0.15, 0.2) is 0 Å². The number of rotatable bonds is 3. The maximum Gasteiger partial charge on any atom is 0.261 e. The SMILES string of the molecule is Cc1cc([C@H]2C[C@@H](c3cc4c(=O)n5c(nc4c(-c4ccc(Cl)cc4F)n3)CCC5)CCO2)ccn1. The first-order valence-electron chi connectivity index (χ1n) is 11.9. The second-order valence-electron chi connectivity index (χ2n) is 9.32. The van der Waals surface area contributed by atoms with E-state index in [2.05, 4.69) is 4.98 Å². The molecule has 1 saturated heterocycles. The highest BCUT2D eigenvalue weighted by Gasteiger charge is 2.29. The van der Waals surface area contributed by atoms with Gasteiger partial charge in [0.25, 0.3) is 5.56 Å². The number of aryl methyl sites for hydroxylation is 2. The minimum absolute atomic E-state index is 0.0541. The van der Waals surface area contributed by atoms with Crippen LogP contribution in [0.4, 0.5) is 4.39 Å². The third-order valence-corrected chi connectivity index (χ3v) is 7.24. The number of nitrogens with zero attached hydrogens (tertiary/aromatic N) is 4. The summed E-state index contributed by atoms with van der Waals surface area (Å²) in [7, 11) is 0. The Kier molecular flexibility index (Phi) is 5.61. The van der Waals surface area contributed by atoms with E-state index < -0.39 is 5.82 Å². The van der Waals surface area contributed by atoms with Crippen molar-refractivity contribution in [2.75, 3.05) is 6.61 Å². The van der Waals surface area contributed by atoms with Gasteiger partial charge in [0, 0.05) is 53.7 Å². The fourth-order valence-electron chi connectivity index (χ4n) is 5.25. The Morgan fingerprint density at radius 2 is 2.06 bits per heavy atom. The number of halogens is 2. The molecule has 0 aliphatic carbocycles. The summed E-state index contributed by atoms with van der Waals surface area (Å²) in [4.78, 5) is 27.5. The zero-order chi connectivity index (χ0) is 24.1. The van der Waals surface area contributed by atoms with E-state index in [4.69, 9.17) is 26.3 Å². The summed E-state index contributed by atoms with van der Waals surface area (Å²) < 4.78 is 22.9. The number of benzene rings is 1. The lowest BCUT2D eigenvalue weighted by Gasteiger charge is -2.30. The van der Waals surface area contributed by atoms with Gasteiger partial charge in [-0.2, -0.15) is 0 Å². The molecular weight excluding hydrogens is 467 g/mol. The molecule has 2 aliphatic heterocycles. The van der Waals surface area contributed by atoms with Crippen molar-refractivity contribution >= 4 is 22.5 Å². The molecule has 8 heteroatoms. The van der Waals surface area contributed by atoms with Gasteiger partial charge in [-0.3, -0.25) is 19.3 Å². The predicted octanol–water partition coefficient (Wildman–Crippen LogP) is 5.54. The number of hydrogen-bond donors (Lipinski definition) is 0. The van der Waals surface area contributed by atoms with Crippen LogP contribution in [0, 0.1) is 12.7 Å². The Morgan fingerprint density at radius 3 is 2.89 bits per heavy atom. The molecule has 6 nitrogen and oxygen atoms in total. The first-order valence-corrected chi connectivity index (χ1v) is 12.3. The average Bonchev–Trinajstić information content (AvgIpc) is 3.33. The van der Waals surface area contributed by atoms with Gasteiger partial charge in [0.05, 0.1) is 17.2 Å². The van der Waals surface area contributed by atoms with Crippen molar-refractivity contribution in [3.8, 4) is 11.3 Å². The molecule has 178 valence electrons. The summed E-state index contributed by atoms with van der Waals surface area (Å²) in [5.41, 5.74) is 3.82. The molecule has 4 aromatic rings. The largest absolute Gasteiger partial charge is 0.373 e. The molecule has 1 aromatic carbocycles. The van der Waals surface area contributed by atoms with Crippen LogP contribution in [0.5, 0.6) is 0 Å². The molecule has 0 unspecified atom stereocenters. The molecule has 5 heterocycles. The normalized spacial score (nSPS) is 19.7. The Bertz CT molecular complexity index is 1520. The Balaban J connectivity index is 1.51. The Labute approximate surface area is 206 Å². The van der Waals surface area contributed by atoms with E-state index in [0.717, 1.165) is 42.0 Å². The average molecular weight is 491 g/mol. The molecule has 0 N–H and O–H groups in total. The predicted molar refractivity (Wildman–Crippen MR) is 132 cm³/mol. The van der Waals surface area contributed by atoms with Gasteiger partial charge >= 0.3 is 0 Å². The molecule has 2 atom stereocenters. The van der Waals surface area contributed by atoms with Crippen LogP contribution in [-0.2, 0) is 17.7 Å². The zero-order valence-corrected chi connectivity index (χ0v) is 20.1. The lowest BCUT2D eigenvalue weighted by atomic mass is 9.88. The van der Waals surface area contributed by atoms with Crippen molar-refractivity contribution in [1.82, 2.24) is 19.5 Å². The van der Waals surface area contributed by atoms with E-state index >= 15 is 4.39 Å². The van der Waals surface area contributed by atoms with Gasteiger partial charge in [0.1, 0.15) is 17.2 Å². The van der Waals surface area contributed by atoms with Gasteiger partial charge < -0.3 is 4.74 Å². The Morgan fingerprint density at radius 1 is 1.17 bits per heavy atom. The van der Waals surface area contributed by atoms with E-state index in [9.17, 15) is 4.79 Å². The fraction of sp³-hybridized carbons (Fsp3) is 0.333. The minimum atomic E-state index is -0.483. The van der Waals surface area contributed by atoms with Gasteiger partial charge in [0.2, 0.25) is 0 Å². The van der Waals surface area contributed by atoms with E-state index in [1.807, 2.05) is 25.1 Å². The number of pyridine rings is 2. The topological polar surface area (TPSA) is 69.9 Å². The summed E-state index contributed by atoms with van der Waals surface area (Å²) in [5, 5.41) is 0.786. The summed E-state index contributed by atoms with van der Waals surface area (Å²) in [6, 6.07) is 10.4. The Hall–Kier alpha value is -3.16. The lowest BCUT2D eigenvalue weighted by Crippen LogP contribution is -2.23. The molecule has 1 fully saturated rings. The molecule has 0 radical (unpaired) electrons. The standard InChI is InChI=1S/C27H24ClFN4O2/c1-15-11-17(6-8-30-15)23-12-16(7-10-35-23)22-14-20-26(32-24-3-2-9-33(24)27(20)34)25(31-22)19-5-4-18(28)13-21(19)29/h4-6,8,11,13-14,16,23H,2-3,7,9-10,12H2,1H3/t16-,23+/m0/s1. The maximum absolute atomic E-state index is 15.1. The monoisotopic (exact) mass is 490 g/mol. The van der Waals surface area contributed by atoms with Crippen molar-refractivity contribution in [3.63, 3.8) is 0 Å². The van der Waals surface area contributed by atoms with Gasteiger partial charge in [-0.15, -0.1) is 0 Å². The van der Waals surface area contributed by atoms with Gasteiger partial charge in [-0.1, -0.05) is 11.6 Å². The molecule has 3 aromatic heterocycles. The number of ether oxygens (including phenoxy) is 1. The number of hydrogen-bond acceptors (Lipinski definition) is 5. The minimum Gasteiger partial charge on any atom is -0.373 e. The van der Waals surface area contributed by atoms with Crippen LogP contribution >= 0.6 is 11.6 Å². The van der Waals surface area contributed by atoms with Crippen molar-refractivity contribution in [2.24, 2.45) is 0 Å². The molecule has 6 rings (SSSR count). The summed E-state index contributed by atoms with van der Waals surface area (Å²) in [5.74, 6) is 0.299. The quantitative estimate of drug-likeness (QED) is 0.377. The molecule has 0 bridgehead atoms. The second kappa shape index (κ2) is 8.81. The van der Waals surface area contributed by atoms with Crippen LogP contribution in [0.2, 0.25) is 5.02 Å². The molecular formula is C27H24ClFN4O2. The lowest BCUT2D eigenvalue weighted by molar-refractivity contribution is 0.00460. The van der Waals surface area contributed by atoms with Crippen molar-refractivity contribution in [1.29, 1.82) is 0 Å². The maximum atomic E-state index is 15.1. The number of aromatic nitrogens is 4. The van der Waals surface area contributed by atoms with Crippen molar-refractivity contribution in [3.05, 3.63) is 86.6 Å². The molecule has 0 amide bonds. The van der Waals surface area contributed by atoms with E-state index in [1.165, 1.54) is 6.07 Å². The molecule has 35 heavy (non-hydrogen) atoms. The van der Waals surface area contributed by atoms with Crippen LogP contribution in [0.3, 0.4) is 0 Å². The van der Waals surface area contributed by atoms with Crippen LogP contribution in [0.25, 0.3) is 22.2 Å². The number of fused-ring (bicyclic) bond motifs is 2. The molecule has 0 saturated carbocycles. The van der Waals surface area contributed by atoms with Crippen LogP contribution in [0.1, 0.15) is 54.1 Å². The van der Waals surface area contributed by atoms with E-state index in [1.54, 1.807) is 22.9 Å². The zero-order valence-electron chi connectivity index (χ0n) is 19.3. The van der Waals surface area contributed by atoms with Crippen molar-refractivity contribution in [2.45, 2.75) is 51.2 Å². The third kappa shape index (κ3) is 4.02. The molecule has 2 aliphatic rings. The van der Waals surface area contributed by atoms with Gasteiger partial charge in [-0.25, -0.2) is 9.37 Å². The van der Waals surface area contributed by atoms with Crippen LogP contribution in [0.15, 0.2) is 47.4 Å². The highest BCUT2D eigenvalue weighted by Crippen LogP contribution is 2.39. The van der Waals surface area contributed by atoms with E-state index in [0.29, 0.717) is 46.8 Å². The van der Waals surface area contributed by atoms with Crippen LogP contribution < -0.4 is 5.56 Å². The summed E-state index contributed by atoms with van der Waals surface area (Å²) in [6.07, 6.45) is 4.77. The highest BCUT2D eigenvalue weighted by atomic mass is 35.5. The summed E-state index contributed by atoms with van der Waals surface area (Å²) in [6.45, 7) is 3.18. The fourth-order valence-corrected chi connectivity index (χ4v) is 5.41. The second-order valence-corrected chi connectivity index (χ2v) is 9.75. The first kappa shape index (κ1) is 22.3. The third-order valence-electron chi connectivity index (χ3n) is 7.00. The van der Waals surface area contributed by atoms with Crippen molar-refractivity contribution < 1.29 is 9.13 Å². The summed E-state index contributed by atoms with van der Waals surface area (Å²) >= 11 is 6.02. The first-order chi connectivity index (χ1) is 17.0. The van der Waals surface area contributed by atoms with E-state index in [-0.39, 0.29) is 17.6 Å². The smallest absolute Gasteiger partial charge is 0.261 e.